The van der Waals surface area contributed by atoms with Gasteiger partial charge in [0.2, 0.25) is 0 Å². The molecule has 0 saturated carbocycles. The molecule has 1 saturated heterocycles. The fourth-order valence-corrected chi connectivity index (χ4v) is 3.52. The van der Waals surface area contributed by atoms with Gasteiger partial charge in [0, 0.05) is 12.6 Å². The number of aliphatic hydroxyl groups excluding tert-OH is 1. The van der Waals surface area contributed by atoms with Crippen molar-refractivity contribution in [1.82, 2.24) is 14.9 Å². The Hall–Kier alpha value is -0.730. The van der Waals surface area contributed by atoms with Crippen molar-refractivity contribution in [1.29, 1.82) is 0 Å². The number of hydrogen-bond acceptors (Lipinski definition) is 3. The van der Waals surface area contributed by atoms with Crippen molar-refractivity contribution in [3.63, 3.8) is 0 Å². The highest BCUT2D eigenvalue weighted by Crippen LogP contribution is 2.38. The number of nitrogens with one attached hydrogen (secondary N) is 1. The SMILES string of the molecule is Cl.Cl.O[C@H]1CCCN[C@@H]1CCCn1cnc2c(Cl)c(C(F)(F)F)ccc21. The quantitative estimate of drug-likeness (QED) is 0.748. The molecule has 0 unspecified atom stereocenters. The molecule has 2 atom stereocenters. The minimum Gasteiger partial charge on any atom is -0.392 e. The highest BCUT2D eigenvalue weighted by atomic mass is 35.5. The highest BCUT2D eigenvalue weighted by molar-refractivity contribution is 6.35. The smallest absolute Gasteiger partial charge is 0.392 e. The summed E-state index contributed by atoms with van der Waals surface area (Å²) >= 11 is 5.88. The third-order valence-electron chi connectivity index (χ3n) is 4.50. The average molecular weight is 435 g/mol. The fourth-order valence-electron chi connectivity index (χ4n) is 3.21. The Labute approximate surface area is 166 Å². The van der Waals surface area contributed by atoms with Gasteiger partial charge in [0.05, 0.1) is 28.5 Å². The lowest BCUT2D eigenvalue weighted by atomic mass is 9.97. The van der Waals surface area contributed by atoms with Gasteiger partial charge in [-0.1, -0.05) is 11.6 Å². The van der Waals surface area contributed by atoms with Crippen LogP contribution in [-0.2, 0) is 12.7 Å². The molecular formula is C16H21Cl3F3N3O. The van der Waals surface area contributed by atoms with Crippen LogP contribution in [0.25, 0.3) is 11.0 Å². The molecule has 1 aliphatic heterocycles. The molecule has 26 heavy (non-hydrogen) atoms. The van der Waals surface area contributed by atoms with Crippen LogP contribution in [-0.4, -0.2) is 33.3 Å². The van der Waals surface area contributed by atoms with E-state index in [1.165, 1.54) is 12.4 Å². The summed E-state index contributed by atoms with van der Waals surface area (Å²) < 4.78 is 40.4. The first kappa shape index (κ1) is 23.3. The molecule has 1 aliphatic rings. The van der Waals surface area contributed by atoms with Crippen molar-refractivity contribution < 1.29 is 18.3 Å². The predicted octanol–water partition coefficient (Wildman–Crippen LogP) is 4.45. The normalized spacial score (nSPS) is 20.5. The Morgan fingerprint density at radius 1 is 1.31 bits per heavy atom. The Kier molecular flexibility index (Phi) is 8.48. The molecule has 0 amide bonds. The zero-order valence-electron chi connectivity index (χ0n) is 13.8. The number of aryl methyl sites for hydroxylation is 1. The first-order chi connectivity index (χ1) is 11.4. The van der Waals surface area contributed by atoms with E-state index >= 15 is 0 Å². The number of fused-ring (bicyclic) bond motifs is 1. The van der Waals surface area contributed by atoms with Crippen molar-refractivity contribution in [3.05, 3.63) is 29.0 Å². The van der Waals surface area contributed by atoms with E-state index in [1.807, 2.05) is 0 Å². The van der Waals surface area contributed by atoms with E-state index in [0.29, 0.717) is 12.1 Å². The highest BCUT2D eigenvalue weighted by Gasteiger charge is 2.34. The molecule has 1 aromatic carbocycles. The van der Waals surface area contributed by atoms with Crippen LogP contribution in [0.1, 0.15) is 31.2 Å². The third-order valence-corrected chi connectivity index (χ3v) is 4.88. The summed E-state index contributed by atoms with van der Waals surface area (Å²) in [6, 6.07) is 2.48. The second kappa shape index (κ2) is 9.46. The molecule has 4 nitrogen and oxygen atoms in total. The van der Waals surface area contributed by atoms with Crippen molar-refractivity contribution in [2.45, 2.75) is 50.6 Å². The molecule has 2 N–H and O–H groups in total. The average Bonchev–Trinajstić information content (AvgIpc) is 2.92. The second-order valence-electron chi connectivity index (χ2n) is 6.14. The van der Waals surface area contributed by atoms with Crippen molar-refractivity contribution in [2.75, 3.05) is 6.54 Å². The molecule has 1 aromatic heterocycles. The molecule has 2 heterocycles. The summed E-state index contributed by atoms with van der Waals surface area (Å²) in [6.07, 6.45) is 0.0700. The van der Waals surface area contributed by atoms with Gasteiger partial charge >= 0.3 is 6.18 Å². The van der Waals surface area contributed by atoms with E-state index in [1.54, 1.807) is 4.57 Å². The Morgan fingerprint density at radius 3 is 2.69 bits per heavy atom. The van der Waals surface area contributed by atoms with E-state index in [9.17, 15) is 18.3 Å². The maximum atomic E-state index is 12.9. The van der Waals surface area contributed by atoms with Crippen molar-refractivity contribution >= 4 is 47.4 Å². The van der Waals surface area contributed by atoms with Gasteiger partial charge in [-0.25, -0.2) is 4.98 Å². The zero-order chi connectivity index (χ0) is 17.3. The summed E-state index contributed by atoms with van der Waals surface area (Å²) in [6.45, 7) is 1.52. The van der Waals surface area contributed by atoms with Gasteiger partial charge in [0.1, 0.15) is 5.52 Å². The van der Waals surface area contributed by atoms with E-state index in [2.05, 4.69) is 10.3 Å². The summed E-state index contributed by atoms with van der Waals surface area (Å²) in [5, 5.41) is 12.9. The van der Waals surface area contributed by atoms with Crippen LogP contribution in [0.2, 0.25) is 5.02 Å². The van der Waals surface area contributed by atoms with E-state index in [0.717, 1.165) is 38.3 Å². The van der Waals surface area contributed by atoms with Gasteiger partial charge in [0.15, 0.2) is 0 Å². The summed E-state index contributed by atoms with van der Waals surface area (Å²) in [7, 11) is 0. The molecule has 0 spiro atoms. The minimum absolute atomic E-state index is 0. The number of hydrogen-bond donors (Lipinski definition) is 2. The fraction of sp³-hybridized carbons (Fsp3) is 0.562. The monoisotopic (exact) mass is 433 g/mol. The van der Waals surface area contributed by atoms with Gasteiger partial charge in [-0.15, -0.1) is 24.8 Å². The largest absolute Gasteiger partial charge is 0.417 e. The lowest BCUT2D eigenvalue weighted by molar-refractivity contribution is -0.137. The number of halogens is 6. The molecule has 0 aliphatic carbocycles. The van der Waals surface area contributed by atoms with Gasteiger partial charge in [-0.2, -0.15) is 13.2 Å². The van der Waals surface area contributed by atoms with E-state index in [-0.39, 0.29) is 47.5 Å². The van der Waals surface area contributed by atoms with Crippen LogP contribution >= 0.6 is 36.4 Å². The van der Waals surface area contributed by atoms with E-state index in [4.69, 9.17) is 11.6 Å². The summed E-state index contributed by atoms with van der Waals surface area (Å²) in [4.78, 5) is 4.04. The molecule has 0 radical (unpaired) electrons. The maximum Gasteiger partial charge on any atom is 0.417 e. The molecule has 0 bridgehead atoms. The van der Waals surface area contributed by atoms with Crippen molar-refractivity contribution in [2.24, 2.45) is 0 Å². The predicted molar refractivity (Wildman–Crippen MR) is 101 cm³/mol. The number of aromatic nitrogens is 2. The molecule has 10 heteroatoms. The van der Waals surface area contributed by atoms with Gasteiger partial charge in [-0.3, -0.25) is 0 Å². The standard InChI is InChI=1S/C16H19ClF3N3O.2ClH/c17-14-10(16(18,19)20)5-6-12-15(14)22-9-23(12)8-2-3-11-13(24)4-1-7-21-11;;/h5-6,9,11,13,21,24H,1-4,7-8H2;2*1H/t11-,13+;;/m1../s1. The second-order valence-corrected chi connectivity index (χ2v) is 6.52. The molecular weight excluding hydrogens is 414 g/mol. The molecule has 1 fully saturated rings. The minimum atomic E-state index is -4.49. The zero-order valence-corrected chi connectivity index (χ0v) is 16.2. The van der Waals surface area contributed by atoms with Crippen LogP contribution < -0.4 is 5.32 Å². The number of rotatable bonds is 4. The lowest BCUT2D eigenvalue weighted by Crippen LogP contribution is -2.44. The maximum absolute atomic E-state index is 12.9. The molecule has 148 valence electrons. The first-order valence-electron chi connectivity index (χ1n) is 8.00. The molecule has 3 rings (SSSR count). The number of nitrogens with zero attached hydrogens (tertiary/aromatic N) is 2. The van der Waals surface area contributed by atoms with Crippen molar-refractivity contribution in [3.8, 4) is 0 Å². The van der Waals surface area contributed by atoms with Gasteiger partial charge in [0.25, 0.3) is 0 Å². The summed E-state index contributed by atoms with van der Waals surface area (Å²) in [5.41, 5.74) is -0.107. The van der Waals surface area contributed by atoms with Crippen LogP contribution in [0.4, 0.5) is 13.2 Å². The van der Waals surface area contributed by atoms with Gasteiger partial charge in [-0.05, 0) is 44.4 Å². The number of aliphatic hydroxyl groups is 1. The Morgan fingerprint density at radius 2 is 2.04 bits per heavy atom. The topological polar surface area (TPSA) is 50.1 Å². The van der Waals surface area contributed by atoms with Crippen LogP contribution in [0, 0.1) is 0 Å². The number of piperidine rings is 1. The number of benzene rings is 1. The lowest BCUT2D eigenvalue weighted by Gasteiger charge is -2.29. The van der Waals surface area contributed by atoms with Crippen LogP contribution in [0.5, 0.6) is 0 Å². The molecule has 2 aromatic rings. The Balaban J connectivity index is 0.00000169. The van der Waals surface area contributed by atoms with Crippen LogP contribution in [0.15, 0.2) is 18.5 Å². The first-order valence-corrected chi connectivity index (χ1v) is 8.37. The third kappa shape index (κ3) is 4.95. The summed E-state index contributed by atoms with van der Waals surface area (Å²) in [5.74, 6) is 0. The number of imidazole rings is 1. The van der Waals surface area contributed by atoms with Crippen LogP contribution in [0.3, 0.4) is 0 Å². The van der Waals surface area contributed by atoms with Gasteiger partial charge < -0.3 is 15.0 Å². The van der Waals surface area contributed by atoms with E-state index < -0.39 is 11.7 Å². The Bertz CT molecular complexity index is 724. The number of alkyl halides is 3.